The zero-order valence-electron chi connectivity index (χ0n) is 6.65. The van der Waals surface area contributed by atoms with Crippen molar-refractivity contribution in [2.45, 2.75) is 0 Å². The van der Waals surface area contributed by atoms with Gasteiger partial charge in [0.05, 0.1) is 0 Å². The van der Waals surface area contributed by atoms with Crippen LogP contribution in [0.3, 0.4) is 0 Å². The topological polar surface area (TPSA) is 0 Å². The van der Waals surface area contributed by atoms with Crippen LogP contribution >= 0.6 is 32.7 Å². The minimum atomic E-state index is 0. The lowest BCUT2D eigenvalue weighted by molar-refractivity contribution is 1.77. The van der Waals surface area contributed by atoms with Crippen LogP contribution in [-0.2, 0) is 0 Å². The van der Waals surface area contributed by atoms with Crippen molar-refractivity contribution in [3.05, 3.63) is 30.3 Å². The van der Waals surface area contributed by atoms with E-state index in [-0.39, 0.29) is 32.7 Å². The van der Waals surface area contributed by atoms with Crippen molar-refractivity contribution in [1.82, 2.24) is 0 Å². The van der Waals surface area contributed by atoms with Gasteiger partial charge in [-0.15, -0.1) is 24.8 Å². The molecule has 11 heavy (non-hydrogen) atoms. The molecule has 1 aromatic carbocycles. The zero-order valence-corrected chi connectivity index (χ0v) is 9.18. The van der Waals surface area contributed by atoms with Crippen LogP contribution in [0.5, 0.6) is 0 Å². The lowest BCUT2D eigenvalue weighted by atomic mass is 10.4. The summed E-state index contributed by atoms with van der Waals surface area (Å²) in [6, 6.07) is 10.6. The number of rotatable bonds is 1. The molecule has 0 aliphatic carbocycles. The van der Waals surface area contributed by atoms with Crippen LogP contribution in [0.4, 0.5) is 0 Å². The fourth-order valence-electron chi connectivity index (χ4n) is 0.726. The van der Waals surface area contributed by atoms with Crippen LogP contribution in [-0.4, -0.2) is 13.3 Å². The van der Waals surface area contributed by atoms with Crippen molar-refractivity contribution < 1.29 is 0 Å². The molecular weight excluding hydrogens is 198 g/mol. The second kappa shape index (κ2) is 6.91. The van der Waals surface area contributed by atoms with E-state index in [2.05, 4.69) is 43.7 Å². The molecule has 0 nitrogen and oxygen atoms in total. The minimum Gasteiger partial charge on any atom is -0.147 e. The first-order valence-corrected chi connectivity index (χ1v) is 5.26. The summed E-state index contributed by atoms with van der Waals surface area (Å²) in [5, 5.41) is 1.48. The Bertz CT molecular complexity index is 175. The van der Waals surface area contributed by atoms with Crippen LogP contribution in [0, 0.1) is 0 Å². The fraction of sp³-hybridized carbons (Fsp3) is 0.250. The van der Waals surface area contributed by atoms with Crippen LogP contribution < -0.4 is 5.30 Å². The summed E-state index contributed by atoms with van der Waals surface area (Å²) in [6.45, 7) is 4.54. The van der Waals surface area contributed by atoms with Crippen LogP contribution in [0.15, 0.2) is 30.3 Å². The van der Waals surface area contributed by atoms with E-state index >= 15 is 0 Å². The number of hydrogen-bond donors (Lipinski definition) is 0. The number of benzene rings is 1. The molecule has 0 radical (unpaired) electrons. The van der Waals surface area contributed by atoms with Crippen LogP contribution in [0.2, 0.25) is 0 Å². The maximum Gasteiger partial charge on any atom is -0.0246 e. The second-order valence-corrected chi connectivity index (χ2v) is 4.54. The van der Waals surface area contributed by atoms with Crippen molar-refractivity contribution in [1.29, 1.82) is 0 Å². The Morgan fingerprint density at radius 1 is 0.909 bits per heavy atom. The molecule has 64 valence electrons. The molecule has 1 rings (SSSR count). The third-order valence-corrected chi connectivity index (χ3v) is 2.60. The first-order chi connectivity index (χ1) is 4.30. The average Bonchev–Trinajstić information content (AvgIpc) is 1.90. The van der Waals surface area contributed by atoms with E-state index in [9.17, 15) is 0 Å². The van der Waals surface area contributed by atoms with Crippen molar-refractivity contribution in [3.8, 4) is 0 Å². The molecule has 1 aromatic rings. The number of hydrogen-bond acceptors (Lipinski definition) is 0. The van der Waals surface area contributed by atoms with Gasteiger partial charge in [0.1, 0.15) is 0 Å². The SMILES string of the molecule is CP(C)c1ccccc1.Cl.Cl. The van der Waals surface area contributed by atoms with Gasteiger partial charge < -0.3 is 0 Å². The van der Waals surface area contributed by atoms with E-state index in [0.29, 0.717) is 0 Å². The van der Waals surface area contributed by atoms with Gasteiger partial charge in [0.2, 0.25) is 0 Å². The third kappa shape index (κ3) is 4.63. The van der Waals surface area contributed by atoms with Gasteiger partial charge in [-0.1, -0.05) is 38.3 Å². The van der Waals surface area contributed by atoms with E-state index in [1.54, 1.807) is 0 Å². The van der Waals surface area contributed by atoms with Gasteiger partial charge in [-0.05, 0) is 18.6 Å². The summed E-state index contributed by atoms with van der Waals surface area (Å²) < 4.78 is 0. The van der Waals surface area contributed by atoms with Gasteiger partial charge in [-0.25, -0.2) is 0 Å². The van der Waals surface area contributed by atoms with Gasteiger partial charge in [-0.3, -0.25) is 0 Å². The molecule has 0 saturated carbocycles. The first kappa shape index (κ1) is 13.8. The summed E-state index contributed by atoms with van der Waals surface area (Å²) in [5.41, 5.74) is 0. The van der Waals surface area contributed by atoms with Gasteiger partial charge >= 0.3 is 0 Å². The standard InChI is InChI=1S/C8H11P.2ClH/c1-9(2)8-6-4-3-5-7-8;;/h3-7H,1-2H3;2*1H. The van der Waals surface area contributed by atoms with Crippen molar-refractivity contribution in [2.24, 2.45) is 0 Å². The number of halogens is 2. The summed E-state index contributed by atoms with van der Waals surface area (Å²) in [4.78, 5) is 0. The monoisotopic (exact) mass is 210 g/mol. The molecule has 0 aromatic heterocycles. The maximum absolute atomic E-state index is 2.27. The molecule has 0 unspecified atom stereocenters. The zero-order chi connectivity index (χ0) is 6.69. The highest BCUT2D eigenvalue weighted by atomic mass is 35.5. The van der Waals surface area contributed by atoms with E-state index in [4.69, 9.17) is 0 Å². The molecule has 0 heterocycles. The average molecular weight is 211 g/mol. The van der Waals surface area contributed by atoms with E-state index in [0.717, 1.165) is 0 Å². The molecule has 3 heteroatoms. The Morgan fingerprint density at radius 2 is 1.36 bits per heavy atom. The molecule has 0 aliphatic rings. The summed E-state index contributed by atoms with van der Waals surface area (Å²) in [5.74, 6) is 0. The Morgan fingerprint density at radius 3 is 1.64 bits per heavy atom. The highest BCUT2D eigenvalue weighted by molar-refractivity contribution is 7.64. The highest BCUT2D eigenvalue weighted by Crippen LogP contribution is 2.22. The lowest BCUT2D eigenvalue weighted by Crippen LogP contribution is -1.95. The summed E-state index contributed by atoms with van der Waals surface area (Å²) in [6.07, 6.45) is 0. The molecule has 0 aliphatic heterocycles. The quantitative estimate of drug-likeness (QED) is 0.626. The Balaban J connectivity index is 0. The lowest BCUT2D eigenvalue weighted by Gasteiger charge is -2.02. The minimum absolute atomic E-state index is 0. The van der Waals surface area contributed by atoms with Gasteiger partial charge in [0.25, 0.3) is 0 Å². The van der Waals surface area contributed by atoms with E-state index in [1.165, 1.54) is 5.30 Å². The Labute approximate surface area is 82.0 Å². The van der Waals surface area contributed by atoms with Crippen LogP contribution in [0.25, 0.3) is 0 Å². The molecule has 0 bridgehead atoms. The predicted octanol–water partition coefficient (Wildman–Crippen LogP) is 2.90. The van der Waals surface area contributed by atoms with E-state index in [1.807, 2.05) is 0 Å². The molecule has 0 saturated heterocycles. The van der Waals surface area contributed by atoms with Gasteiger partial charge in [0, 0.05) is 0 Å². The van der Waals surface area contributed by atoms with Gasteiger partial charge in [0.15, 0.2) is 0 Å². The maximum atomic E-state index is 2.27. The van der Waals surface area contributed by atoms with E-state index < -0.39 is 0 Å². The molecule has 0 spiro atoms. The summed E-state index contributed by atoms with van der Waals surface area (Å²) in [7, 11) is 0.104. The Kier molecular flexibility index (Phi) is 8.67. The summed E-state index contributed by atoms with van der Waals surface area (Å²) >= 11 is 0. The predicted molar refractivity (Wildman–Crippen MR) is 59.3 cm³/mol. The van der Waals surface area contributed by atoms with Gasteiger partial charge in [-0.2, -0.15) is 0 Å². The smallest absolute Gasteiger partial charge is 0.0246 e. The first-order valence-electron chi connectivity index (χ1n) is 3.03. The fourth-order valence-corrected chi connectivity index (χ4v) is 1.49. The normalized spacial score (nSPS) is 8.27. The third-order valence-electron chi connectivity index (χ3n) is 1.27. The molecular formula is C8H13Cl2P. The van der Waals surface area contributed by atoms with Crippen molar-refractivity contribution in [3.63, 3.8) is 0 Å². The van der Waals surface area contributed by atoms with Crippen LogP contribution in [0.1, 0.15) is 0 Å². The second-order valence-electron chi connectivity index (χ2n) is 2.23. The van der Waals surface area contributed by atoms with Crippen molar-refractivity contribution >= 4 is 38.0 Å². The Hall–Kier alpha value is 0.230. The molecule has 0 atom stereocenters. The molecule has 0 N–H and O–H groups in total. The largest absolute Gasteiger partial charge is 0.147 e. The molecule has 0 fully saturated rings. The van der Waals surface area contributed by atoms with Crippen molar-refractivity contribution in [2.75, 3.05) is 13.3 Å². The highest BCUT2D eigenvalue weighted by Gasteiger charge is 1.92. The molecule has 0 amide bonds.